The smallest absolute Gasteiger partial charge is 0.252 e. The van der Waals surface area contributed by atoms with Crippen LogP contribution in [0, 0.1) is 12.8 Å². The molecule has 146 valence electrons. The van der Waals surface area contributed by atoms with Crippen LogP contribution >= 0.6 is 0 Å². The number of aliphatic hydroxyl groups excluding tert-OH is 2. The predicted octanol–water partition coefficient (Wildman–Crippen LogP) is 1.63. The van der Waals surface area contributed by atoms with Crippen molar-refractivity contribution in [2.45, 2.75) is 45.1 Å². The second-order valence-corrected chi connectivity index (χ2v) is 7.49. The molecule has 0 aromatic heterocycles. The Bertz CT molecular complexity index is 581. The van der Waals surface area contributed by atoms with Crippen LogP contribution in [0.1, 0.15) is 48.5 Å². The summed E-state index contributed by atoms with van der Waals surface area (Å²) in [7, 11) is 0. The molecule has 0 bridgehead atoms. The molecular weight excluding hydrogens is 332 g/mol. The standard InChI is InChI=1S/C20H32N2O4/c1-15-12-17(26-11-3-4-16-7-9-21-10-8-16)5-6-18(15)19(25)22-20(2,13-23)14-24/h5-6,12,16,21,23-24H,3-4,7-11,13-14H2,1-2H3,(H,22,25). The van der Waals surface area contributed by atoms with Crippen LogP contribution in [0.3, 0.4) is 0 Å². The Labute approximate surface area is 155 Å². The first-order valence-electron chi connectivity index (χ1n) is 9.46. The molecule has 1 saturated heterocycles. The number of piperidine rings is 1. The molecule has 0 saturated carbocycles. The monoisotopic (exact) mass is 364 g/mol. The van der Waals surface area contributed by atoms with Crippen molar-refractivity contribution in [1.29, 1.82) is 0 Å². The van der Waals surface area contributed by atoms with Crippen molar-refractivity contribution in [1.82, 2.24) is 10.6 Å². The Hall–Kier alpha value is -1.63. The predicted molar refractivity (Wildman–Crippen MR) is 102 cm³/mol. The molecule has 0 unspecified atom stereocenters. The maximum absolute atomic E-state index is 12.4. The van der Waals surface area contributed by atoms with Crippen LogP contribution in [0.15, 0.2) is 18.2 Å². The number of hydrogen-bond acceptors (Lipinski definition) is 5. The van der Waals surface area contributed by atoms with Gasteiger partial charge in [-0.3, -0.25) is 4.79 Å². The molecule has 1 aromatic rings. The molecule has 6 nitrogen and oxygen atoms in total. The van der Waals surface area contributed by atoms with Gasteiger partial charge in [0.25, 0.3) is 5.91 Å². The Balaban J connectivity index is 1.83. The molecule has 2 rings (SSSR count). The van der Waals surface area contributed by atoms with Crippen LogP contribution in [-0.2, 0) is 0 Å². The van der Waals surface area contributed by atoms with Gasteiger partial charge in [0, 0.05) is 5.56 Å². The highest BCUT2D eigenvalue weighted by atomic mass is 16.5. The molecule has 26 heavy (non-hydrogen) atoms. The van der Waals surface area contributed by atoms with Gasteiger partial charge in [-0.05, 0) is 82.3 Å². The summed E-state index contributed by atoms with van der Waals surface area (Å²) < 4.78 is 5.83. The summed E-state index contributed by atoms with van der Waals surface area (Å²) in [6.45, 7) is 5.73. The summed E-state index contributed by atoms with van der Waals surface area (Å²) in [5.41, 5.74) is 0.282. The normalized spacial score (nSPS) is 15.7. The number of ether oxygens (including phenoxy) is 1. The summed E-state index contributed by atoms with van der Waals surface area (Å²) in [4.78, 5) is 12.4. The number of aliphatic hydroxyl groups is 2. The van der Waals surface area contributed by atoms with Gasteiger partial charge < -0.3 is 25.6 Å². The molecule has 0 radical (unpaired) electrons. The number of hydrogen-bond donors (Lipinski definition) is 4. The van der Waals surface area contributed by atoms with E-state index >= 15 is 0 Å². The van der Waals surface area contributed by atoms with Gasteiger partial charge in [-0.1, -0.05) is 0 Å². The summed E-state index contributed by atoms with van der Waals surface area (Å²) in [6, 6.07) is 5.37. The fourth-order valence-electron chi connectivity index (χ4n) is 3.18. The lowest BCUT2D eigenvalue weighted by Gasteiger charge is -2.26. The van der Waals surface area contributed by atoms with E-state index in [-0.39, 0.29) is 19.1 Å². The summed E-state index contributed by atoms with van der Waals surface area (Å²) in [5, 5.41) is 24.7. The number of nitrogens with one attached hydrogen (secondary N) is 2. The maximum atomic E-state index is 12.4. The van der Waals surface area contributed by atoms with Gasteiger partial charge in [0.05, 0.1) is 25.4 Å². The van der Waals surface area contributed by atoms with Gasteiger partial charge >= 0.3 is 0 Å². The summed E-state index contributed by atoms with van der Waals surface area (Å²) in [6.07, 6.45) is 4.74. The Kier molecular flexibility index (Phi) is 7.87. The molecule has 1 aliphatic heterocycles. The lowest BCUT2D eigenvalue weighted by atomic mass is 9.93. The maximum Gasteiger partial charge on any atom is 0.252 e. The minimum absolute atomic E-state index is 0.314. The molecule has 0 atom stereocenters. The van der Waals surface area contributed by atoms with Crippen molar-refractivity contribution in [2.75, 3.05) is 32.9 Å². The first-order valence-corrected chi connectivity index (χ1v) is 9.46. The number of aryl methyl sites for hydroxylation is 1. The zero-order valence-corrected chi connectivity index (χ0v) is 15.9. The lowest BCUT2D eigenvalue weighted by Crippen LogP contribution is -2.51. The van der Waals surface area contributed by atoms with E-state index in [9.17, 15) is 15.0 Å². The molecule has 4 N–H and O–H groups in total. The van der Waals surface area contributed by atoms with Crippen molar-refractivity contribution in [3.63, 3.8) is 0 Å². The fraction of sp³-hybridized carbons (Fsp3) is 0.650. The molecule has 1 aromatic carbocycles. The summed E-state index contributed by atoms with van der Waals surface area (Å²) in [5.74, 6) is 1.25. The van der Waals surface area contributed by atoms with E-state index in [2.05, 4.69) is 10.6 Å². The van der Waals surface area contributed by atoms with Crippen molar-refractivity contribution in [2.24, 2.45) is 5.92 Å². The highest BCUT2D eigenvalue weighted by Gasteiger charge is 2.25. The van der Waals surface area contributed by atoms with Crippen LogP contribution in [0.25, 0.3) is 0 Å². The highest BCUT2D eigenvalue weighted by Crippen LogP contribution is 2.20. The molecule has 1 fully saturated rings. The van der Waals surface area contributed by atoms with Gasteiger partial charge in [-0.15, -0.1) is 0 Å². The first-order chi connectivity index (χ1) is 12.5. The SMILES string of the molecule is Cc1cc(OCCCC2CCNCC2)ccc1C(=O)NC(C)(CO)CO. The van der Waals surface area contributed by atoms with Crippen LogP contribution in [0.4, 0.5) is 0 Å². The van der Waals surface area contributed by atoms with Crippen LogP contribution < -0.4 is 15.4 Å². The average Bonchev–Trinajstić information content (AvgIpc) is 2.66. The topological polar surface area (TPSA) is 90.8 Å². The number of amides is 1. The molecule has 1 amide bonds. The first kappa shape index (κ1) is 20.7. The van der Waals surface area contributed by atoms with Crippen LogP contribution in [0.5, 0.6) is 5.75 Å². The van der Waals surface area contributed by atoms with E-state index in [1.807, 2.05) is 13.0 Å². The van der Waals surface area contributed by atoms with E-state index in [4.69, 9.17) is 4.74 Å². The quantitative estimate of drug-likeness (QED) is 0.500. The number of rotatable bonds is 9. The van der Waals surface area contributed by atoms with Crippen molar-refractivity contribution < 1.29 is 19.7 Å². The van der Waals surface area contributed by atoms with Crippen LogP contribution in [0.2, 0.25) is 0 Å². The largest absolute Gasteiger partial charge is 0.494 e. The van der Waals surface area contributed by atoms with E-state index in [1.54, 1.807) is 19.1 Å². The van der Waals surface area contributed by atoms with Gasteiger partial charge in [-0.2, -0.15) is 0 Å². The van der Waals surface area contributed by atoms with Gasteiger partial charge in [0.2, 0.25) is 0 Å². The van der Waals surface area contributed by atoms with E-state index in [0.29, 0.717) is 12.2 Å². The zero-order valence-electron chi connectivity index (χ0n) is 15.9. The zero-order chi connectivity index (χ0) is 19.0. The van der Waals surface area contributed by atoms with Gasteiger partial charge in [0.15, 0.2) is 0 Å². The minimum Gasteiger partial charge on any atom is -0.494 e. The van der Waals surface area contributed by atoms with Crippen LogP contribution in [-0.4, -0.2) is 54.6 Å². The highest BCUT2D eigenvalue weighted by molar-refractivity contribution is 5.96. The van der Waals surface area contributed by atoms with E-state index < -0.39 is 5.54 Å². The number of carbonyl (C=O) groups excluding carboxylic acids is 1. The second kappa shape index (κ2) is 9.90. The molecule has 0 aliphatic carbocycles. The molecular formula is C20H32N2O4. The summed E-state index contributed by atoms with van der Waals surface area (Å²) >= 11 is 0. The Morgan fingerprint density at radius 3 is 2.62 bits per heavy atom. The molecule has 0 spiro atoms. The van der Waals surface area contributed by atoms with Gasteiger partial charge in [-0.25, -0.2) is 0 Å². The Morgan fingerprint density at radius 1 is 1.31 bits per heavy atom. The molecule has 1 heterocycles. The van der Waals surface area contributed by atoms with E-state index in [0.717, 1.165) is 36.7 Å². The number of benzene rings is 1. The third kappa shape index (κ3) is 5.97. The van der Waals surface area contributed by atoms with Gasteiger partial charge in [0.1, 0.15) is 5.75 Å². The second-order valence-electron chi connectivity index (χ2n) is 7.49. The average molecular weight is 364 g/mol. The lowest BCUT2D eigenvalue weighted by molar-refractivity contribution is 0.0723. The van der Waals surface area contributed by atoms with Crippen molar-refractivity contribution in [3.05, 3.63) is 29.3 Å². The molecule has 6 heteroatoms. The number of carbonyl (C=O) groups is 1. The third-order valence-electron chi connectivity index (χ3n) is 5.04. The minimum atomic E-state index is -1.03. The van der Waals surface area contributed by atoms with Crippen molar-refractivity contribution >= 4 is 5.91 Å². The Morgan fingerprint density at radius 2 is 2.00 bits per heavy atom. The molecule has 1 aliphatic rings. The van der Waals surface area contributed by atoms with Crippen molar-refractivity contribution in [3.8, 4) is 5.75 Å². The third-order valence-corrected chi connectivity index (χ3v) is 5.04. The van der Waals surface area contributed by atoms with E-state index in [1.165, 1.54) is 19.3 Å². The fourth-order valence-corrected chi connectivity index (χ4v) is 3.18.